The molecule has 0 aliphatic rings. The van der Waals surface area contributed by atoms with Crippen molar-refractivity contribution in [3.05, 3.63) is 41.2 Å². The third-order valence-electron chi connectivity index (χ3n) is 2.43. The zero-order valence-electron chi connectivity index (χ0n) is 8.78. The number of fused-ring (bicyclic) bond motifs is 1. The van der Waals surface area contributed by atoms with E-state index in [1.165, 1.54) is 12.3 Å². The molecular formula is C11H5ClF2N4. The minimum absolute atomic E-state index is 0.0846. The van der Waals surface area contributed by atoms with Gasteiger partial charge in [-0.2, -0.15) is 5.10 Å². The van der Waals surface area contributed by atoms with Gasteiger partial charge in [-0.05, 0) is 12.1 Å². The van der Waals surface area contributed by atoms with Gasteiger partial charge in [0.25, 0.3) is 0 Å². The van der Waals surface area contributed by atoms with E-state index in [2.05, 4.69) is 20.2 Å². The van der Waals surface area contributed by atoms with Gasteiger partial charge in [-0.3, -0.25) is 5.10 Å². The van der Waals surface area contributed by atoms with Gasteiger partial charge in [0.2, 0.25) is 0 Å². The van der Waals surface area contributed by atoms with E-state index < -0.39 is 11.6 Å². The summed E-state index contributed by atoms with van der Waals surface area (Å²) in [6, 6.07) is 3.17. The quantitative estimate of drug-likeness (QED) is 0.689. The van der Waals surface area contributed by atoms with Crippen molar-refractivity contribution in [3.8, 4) is 11.4 Å². The zero-order chi connectivity index (χ0) is 12.7. The van der Waals surface area contributed by atoms with Gasteiger partial charge in [0.15, 0.2) is 11.0 Å². The molecule has 0 radical (unpaired) electrons. The lowest BCUT2D eigenvalue weighted by molar-refractivity contribution is 0.585. The van der Waals surface area contributed by atoms with Crippen LogP contribution in [0.4, 0.5) is 8.78 Å². The minimum Gasteiger partial charge on any atom is -0.273 e. The normalized spacial score (nSPS) is 11.1. The average Bonchev–Trinajstić information content (AvgIpc) is 2.77. The number of H-pyrrole nitrogens is 1. The van der Waals surface area contributed by atoms with Crippen LogP contribution in [0.15, 0.2) is 24.4 Å². The molecule has 4 nitrogen and oxygen atoms in total. The summed E-state index contributed by atoms with van der Waals surface area (Å²) in [5, 5.41) is 6.53. The molecular weight excluding hydrogens is 262 g/mol. The molecule has 18 heavy (non-hydrogen) atoms. The van der Waals surface area contributed by atoms with Crippen LogP contribution in [0.3, 0.4) is 0 Å². The van der Waals surface area contributed by atoms with E-state index in [0.717, 1.165) is 12.1 Å². The van der Waals surface area contributed by atoms with E-state index in [9.17, 15) is 8.78 Å². The smallest absolute Gasteiger partial charge is 0.164 e. The van der Waals surface area contributed by atoms with Crippen molar-refractivity contribution in [2.75, 3.05) is 0 Å². The predicted molar refractivity (Wildman–Crippen MR) is 62.0 cm³/mol. The molecule has 0 spiro atoms. The SMILES string of the molecule is Fc1ccc(-c2nc(Cl)c3[nH]ncc3n2)c(F)c1. The number of aromatic nitrogens is 4. The highest BCUT2D eigenvalue weighted by molar-refractivity contribution is 6.33. The first kappa shape index (κ1) is 11.0. The fourth-order valence-corrected chi connectivity index (χ4v) is 1.81. The summed E-state index contributed by atoms with van der Waals surface area (Å²) in [4.78, 5) is 8.06. The highest BCUT2D eigenvalue weighted by Gasteiger charge is 2.13. The summed E-state index contributed by atoms with van der Waals surface area (Å²) in [7, 11) is 0. The molecule has 0 fully saturated rings. The Labute approximate surface area is 105 Å². The van der Waals surface area contributed by atoms with Crippen LogP contribution < -0.4 is 0 Å². The molecule has 3 rings (SSSR count). The second-order valence-corrected chi connectivity index (χ2v) is 3.95. The number of nitrogens with one attached hydrogen (secondary N) is 1. The fraction of sp³-hybridized carbons (Fsp3) is 0. The first-order valence-electron chi connectivity index (χ1n) is 4.97. The molecule has 2 heterocycles. The lowest BCUT2D eigenvalue weighted by Gasteiger charge is -2.03. The van der Waals surface area contributed by atoms with E-state index in [0.29, 0.717) is 11.0 Å². The van der Waals surface area contributed by atoms with Crippen molar-refractivity contribution in [1.29, 1.82) is 0 Å². The van der Waals surface area contributed by atoms with E-state index >= 15 is 0 Å². The molecule has 0 unspecified atom stereocenters. The van der Waals surface area contributed by atoms with Crippen LogP contribution in [0.25, 0.3) is 22.4 Å². The van der Waals surface area contributed by atoms with Gasteiger partial charge in [-0.25, -0.2) is 18.7 Å². The molecule has 1 N–H and O–H groups in total. The number of benzene rings is 1. The number of halogens is 3. The number of hydrogen-bond acceptors (Lipinski definition) is 3. The van der Waals surface area contributed by atoms with Gasteiger partial charge in [0, 0.05) is 6.07 Å². The van der Waals surface area contributed by atoms with Gasteiger partial charge < -0.3 is 0 Å². The number of rotatable bonds is 1. The lowest BCUT2D eigenvalue weighted by atomic mass is 10.2. The predicted octanol–water partition coefficient (Wildman–Crippen LogP) is 2.95. The lowest BCUT2D eigenvalue weighted by Crippen LogP contribution is -1.94. The van der Waals surface area contributed by atoms with Crippen molar-refractivity contribution in [3.63, 3.8) is 0 Å². The van der Waals surface area contributed by atoms with Crippen LogP contribution in [0.5, 0.6) is 0 Å². The molecule has 0 bridgehead atoms. The molecule has 7 heteroatoms. The van der Waals surface area contributed by atoms with Crippen LogP contribution in [-0.4, -0.2) is 20.2 Å². The van der Waals surface area contributed by atoms with Crippen LogP contribution >= 0.6 is 11.6 Å². The number of nitrogens with zero attached hydrogens (tertiary/aromatic N) is 3. The molecule has 1 aromatic carbocycles. The van der Waals surface area contributed by atoms with Gasteiger partial charge in [0.1, 0.15) is 22.7 Å². The fourth-order valence-electron chi connectivity index (χ4n) is 1.60. The van der Waals surface area contributed by atoms with Gasteiger partial charge in [-0.1, -0.05) is 11.6 Å². The van der Waals surface area contributed by atoms with E-state index in [1.807, 2.05) is 0 Å². The van der Waals surface area contributed by atoms with Crippen molar-refractivity contribution < 1.29 is 8.78 Å². The molecule has 2 aromatic heterocycles. The van der Waals surface area contributed by atoms with Gasteiger partial charge in [-0.15, -0.1) is 0 Å². The monoisotopic (exact) mass is 266 g/mol. The first-order valence-corrected chi connectivity index (χ1v) is 5.35. The summed E-state index contributed by atoms with van der Waals surface area (Å²) >= 11 is 5.92. The van der Waals surface area contributed by atoms with Crippen LogP contribution in [0.2, 0.25) is 5.15 Å². The third kappa shape index (κ3) is 1.70. The van der Waals surface area contributed by atoms with Crippen molar-refractivity contribution in [2.45, 2.75) is 0 Å². The molecule has 0 saturated heterocycles. The Hall–Kier alpha value is -2.08. The number of hydrogen-bond donors (Lipinski definition) is 1. The Bertz CT molecular complexity index is 741. The topological polar surface area (TPSA) is 54.5 Å². The number of aromatic amines is 1. The van der Waals surface area contributed by atoms with Crippen molar-refractivity contribution in [1.82, 2.24) is 20.2 Å². The average molecular weight is 267 g/mol. The zero-order valence-corrected chi connectivity index (χ0v) is 9.54. The summed E-state index contributed by atoms with van der Waals surface area (Å²) in [6.45, 7) is 0. The van der Waals surface area contributed by atoms with Crippen molar-refractivity contribution >= 4 is 22.6 Å². The molecule has 0 aliphatic heterocycles. The second kappa shape index (κ2) is 3.99. The second-order valence-electron chi connectivity index (χ2n) is 3.59. The Morgan fingerprint density at radius 3 is 2.78 bits per heavy atom. The Kier molecular flexibility index (Phi) is 2.45. The molecule has 3 aromatic rings. The van der Waals surface area contributed by atoms with Gasteiger partial charge in [0.05, 0.1) is 11.8 Å². The summed E-state index contributed by atoms with van der Waals surface area (Å²) in [5.74, 6) is -1.31. The van der Waals surface area contributed by atoms with E-state index in [4.69, 9.17) is 11.6 Å². The van der Waals surface area contributed by atoms with E-state index in [1.54, 1.807) is 0 Å². The minimum atomic E-state index is -0.742. The Morgan fingerprint density at radius 2 is 2.00 bits per heavy atom. The summed E-state index contributed by atoms with van der Waals surface area (Å²) in [6.07, 6.45) is 1.45. The maximum atomic E-state index is 13.6. The first-order chi connectivity index (χ1) is 8.65. The summed E-state index contributed by atoms with van der Waals surface area (Å²) in [5.41, 5.74) is 1.03. The Balaban J connectivity index is 2.24. The highest BCUT2D eigenvalue weighted by Crippen LogP contribution is 2.25. The van der Waals surface area contributed by atoms with Crippen LogP contribution in [-0.2, 0) is 0 Å². The Morgan fingerprint density at radius 1 is 1.17 bits per heavy atom. The maximum Gasteiger partial charge on any atom is 0.164 e. The summed E-state index contributed by atoms with van der Waals surface area (Å²) < 4.78 is 26.4. The largest absolute Gasteiger partial charge is 0.273 e. The van der Waals surface area contributed by atoms with Crippen molar-refractivity contribution in [2.24, 2.45) is 0 Å². The van der Waals surface area contributed by atoms with Crippen LogP contribution in [0.1, 0.15) is 0 Å². The molecule has 0 atom stereocenters. The maximum absolute atomic E-state index is 13.6. The third-order valence-corrected chi connectivity index (χ3v) is 2.70. The standard InChI is InChI=1S/C11H5ClF2N4/c12-10-9-8(4-15-18-9)16-11(17-10)6-2-1-5(13)3-7(6)14/h1-4H,(H,15,18). The van der Waals surface area contributed by atoms with Gasteiger partial charge >= 0.3 is 0 Å². The highest BCUT2D eigenvalue weighted by atomic mass is 35.5. The van der Waals surface area contributed by atoms with Crippen LogP contribution in [0, 0.1) is 11.6 Å². The molecule has 0 aliphatic carbocycles. The molecule has 90 valence electrons. The van der Waals surface area contributed by atoms with E-state index in [-0.39, 0.29) is 16.5 Å². The molecule has 0 amide bonds. The molecule has 0 saturated carbocycles.